The van der Waals surface area contributed by atoms with Gasteiger partial charge in [-0.25, -0.2) is 4.79 Å². The molecule has 0 spiro atoms. The number of urea groups is 1. The van der Waals surface area contributed by atoms with Gasteiger partial charge in [-0.15, -0.1) is 10.2 Å². The molecule has 3 rings (SSSR count). The van der Waals surface area contributed by atoms with Crippen molar-refractivity contribution in [2.75, 3.05) is 19.5 Å². The maximum absolute atomic E-state index is 12.1. The number of aromatic nitrogens is 3. The van der Waals surface area contributed by atoms with E-state index in [1.54, 1.807) is 12.1 Å². The molecule has 24 heavy (non-hydrogen) atoms. The topological polar surface area (TPSA) is 90.3 Å². The van der Waals surface area contributed by atoms with Crippen LogP contribution in [0, 0.1) is 0 Å². The normalized spacial score (nSPS) is 12.6. The van der Waals surface area contributed by atoms with E-state index < -0.39 is 0 Å². The van der Waals surface area contributed by atoms with E-state index in [-0.39, 0.29) is 6.03 Å². The third-order valence-corrected chi connectivity index (χ3v) is 4.11. The fourth-order valence-electron chi connectivity index (χ4n) is 2.63. The van der Waals surface area contributed by atoms with Crippen LogP contribution >= 0.6 is 11.6 Å². The molecule has 1 aromatic heterocycles. The van der Waals surface area contributed by atoms with E-state index in [1.165, 1.54) is 14.2 Å². The van der Waals surface area contributed by atoms with Gasteiger partial charge in [0.1, 0.15) is 17.3 Å². The number of anilines is 1. The van der Waals surface area contributed by atoms with Crippen molar-refractivity contribution in [1.29, 1.82) is 0 Å². The smallest absolute Gasteiger partial charge is 0.319 e. The Hall–Kier alpha value is -2.48. The molecule has 8 nitrogen and oxygen atoms in total. The van der Waals surface area contributed by atoms with Crippen LogP contribution in [0.1, 0.15) is 18.1 Å². The van der Waals surface area contributed by atoms with Gasteiger partial charge in [0.15, 0.2) is 5.82 Å². The zero-order valence-electron chi connectivity index (χ0n) is 13.4. The molecule has 0 radical (unpaired) electrons. The maximum Gasteiger partial charge on any atom is 0.319 e. The Labute approximate surface area is 144 Å². The highest BCUT2D eigenvalue weighted by atomic mass is 35.5. The van der Waals surface area contributed by atoms with E-state index in [1.807, 2.05) is 4.57 Å². The number of rotatable bonds is 5. The number of carbonyl (C=O) groups excluding carboxylic acids is 1. The number of amides is 2. The average molecular weight is 352 g/mol. The van der Waals surface area contributed by atoms with E-state index in [0.29, 0.717) is 28.8 Å². The Morgan fingerprint density at radius 1 is 1.29 bits per heavy atom. The number of methoxy groups -OCH3 is 2. The van der Waals surface area contributed by atoms with Crippen LogP contribution < -0.4 is 20.1 Å². The van der Waals surface area contributed by atoms with Crippen LogP contribution in [0.2, 0.25) is 5.02 Å². The lowest BCUT2D eigenvalue weighted by molar-refractivity contribution is 0.251. The summed E-state index contributed by atoms with van der Waals surface area (Å²) in [6.07, 6.45) is 1.99. The second kappa shape index (κ2) is 6.96. The SMILES string of the molecule is COc1cc(OC)c(NC(=O)NCc2nnc3n2CCC3)cc1Cl. The monoisotopic (exact) mass is 351 g/mol. The number of ether oxygens (including phenoxy) is 2. The first-order valence-corrected chi connectivity index (χ1v) is 7.87. The standard InChI is InChI=1S/C15H18ClN5O3/c1-23-11-7-12(24-2)10(6-9(11)16)18-15(22)17-8-14-20-19-13-4-3-5-21(13)14/h6-7H,3-5,8H2,1-2H3,(H2,17,18,22). The molecule has 9 heteroatoms. The molecule has 128 valence electrons. The molecular weight excluding hydrogens is 334 g/mol. The predicted octanol–water partition coefficient (Wildman–Crippen LogP) is 2.22. The van der Waals surface area contributed by atoms with Crippen molar-refractivity contribution in [2.24, 2.45) is 0 Å². The molecule has 0 aliphatic carbocycles. The largest absolute Gasteiger partial charge is 0.495 e. The number of fused-ring (bicyclic) bond motifs is 1. The first-order chi connectivity index (χ1) is 11.6. The Bertz CT molecular complexity index is 762. The van der Waals surface area contributed by atoms with Crippen LogP contribution in [0.15, 0.2) is 12.1 Å². The lowest BCUT2D eigenvalue weighted by atomic mass is 10.2. The molecule has 0 saturated carbocycles. The number of benzene rings is 1. The maximum atomic E-state index is 12.1. The minimum atomic E-state index is -0.384. The van der Waals surface area contributed by atoms with E-state index >= 15 is 0 Å². The second-order valence-corrected chi connectivity index (χ2v) is 5.69. The predicted molar refractivity (Wildman–Crippen MR) is 88.8 cm³/mol. The molecule has 0 fully saturated rings. The van der Waals surface area contributed by atoms with Crippen molar-refractivity contribution < 1.29 is 14.3 Å². The molecule has 0 saturated heterocycles. The highest BCUT2D eigenvalue weighted by Gasteiger charge is 2.18. The summed E-state index contributed by atoms with van der Waals surface area (Å²) in [5, 5.41) is 14.1. The fraction of sp³-hybridized carbons (Fsp3) is 0.400. The molecule has 1 aromatic carbocycles. The first kappa shape index (κ1) is 16.4. The number of carbonyl (C=O) groups is 1. The van der Waals surface area contributed by atoms with E-state index in [0.717, 1.165) is 31.0 Å². The van der Waals surface area contributed by atoms with Crippen LogP contribution in [0.5, 0.6) is 11.5 Å². The zero-order chi connectivity index (χ0) is 17.1. The van der Waals surface area contributed by atoms with Crippen LogP contribution in [-0.4, -0.2) is 35.0 Å². The van der Waals surface area contributed by atoms with Gasteiger partial charge in [-0.2, -0.15) is 0 Å². The van der Waals surface area contributed by atoms with E-state index in [9.17, 15) is 4.79 Å². The number of hydrogen-bond acceptors (Lipinski definition) is 5. The molecule has 2 aromatic rings. The summed E-state index contributed by atoms with van der Waals surface area (Å²) < 4.78 is 12.4. The highest BCUT2D eigenvalue weighted by Crippen LogP contribution is 2.35. The highest BCUT2D eigenvalue weighted by molar-refractivity contribution is 6.32. The molecule has 2 N–H and O–H groups in total. The summed E-state index contributed by atoms with van der Waals surface area (Å²) in [5.41, 5.74) is 0.451. The summed E-state index contributed by atoms with van der Waals surface area (Å²) in [5.74, 6) is 2.64. The minimum Gasteiger partial charge on any atom is -0.495 e. The summed E-state index contributed by atoms with van der Waals surface area (Å²) in [7, 11) is 3.02. The molecule has 0 unspecified atom stereocenters. The van der Waals surface area contributed by atoms with Crippen LogP contribution in [-0.2, 0) is 19.5 Å². The molecule has 2 amide bonds. The third kappa shape index (κ3) is 3.23. The lowest BCUT2D eigenvalue weighted by Gasteiger charge is -2.13. The van der Waals surface area contributed by atoms with E-state index in [2.05, 4.69) is 20.8 Å². The van der Waals surface area contributed by atoms with Gasteiger partial charge in [-0.1, -0.05) is 11.6 Å². The second-order valence-electron chi connectivity index (χ2n) is 5.28. The average Bonchev–Trinajstić information content (AvgIpc) is 3.17. The molecule has 1 aliphatic rings. The van der Waals surface area contributed by atoms with E-state index in [4.69, 9.17) is 21.1 Å². The number of nitrogens with one attached hydrogen (secondary N) is 2. The number of halogens is 1. The molecule has 0 atom stereocenters. The van der Waals surface area contributed by atoms with Crippen LogP contribution in [0.25, 0.3) is 0 Å². The van der Waals surface area contributed by atoms with Gasteiger partial charge in [-0.3, -0.25) is 0 Å². The van der Waals surface area contributed by atoms with Crippen molar-refractivity contribution in [2.45, 2.75) is 25.9 Å². The van der Waals surface area contributed by atoms with Crippen molar-refractivity contribution in [3.8, 4) is 11.5 Å². The summed E-state index contributed by atoms with van der Waals surface area (Å²) in [6.45, 7) is 1.19. The van der Waals surface area contributed by atoms with Gasteiger partial charge >= 0.3 is 6.03 Å². The first-order valence-electron chi connectivity index (χ1n) is 7.49. The summed E-state index contributed by atoms with van der Waals surface area (Å²) >= 11 is 6.09. The minimum absolute atomic E-state index is 0.297. The summed E-state index contributed by atoms with van der Waals surface area (Å²) in [6, 6.07) is 2.81. The van der Waals surface area contributed by atoms with Crippen LogP contribution in [0.3, 0.4) is 0 Å². The zero-order valence-corrected chi connectivity index (χ0v) is 14.2. The molecule has 2 heterocycles. The quantitative estimate of drug-likeness (QED) is 0.862. The number of aryl methyl sites for hydroxylation is 1. The molecular formula is C15H18ClN5O3. The lowest BCUT2D eigenvalue weighted by Crippen LogP contribution is -2.29. The fourth-order valence-corrected chi connectivity index (χ4v) is 2.87. The van der Waals surface area contributed by atoms with Gasteiger partial charge in [0, 0.05) is 19.0 Å². The van der Waals surface area contributed by atoms with Gasteiger partial charge in [0.2, 0.25) is 0 Å². The van der Waals surface area contributed by atoms with Gasteiger partial charge in [-0.05, 0) is 12.5 Å². The molecule has 0 bridgehead atoms. The third-order valence-electron chi connectivity index (χ3n) is 3.82. The van der Waals surface area contributed by atoms with Gasteiger partial charge in [0.05, 0.1) is 31.5 Å². The van der Waals surface area contributed by atoms with Gasteiger partial charge in [0.25, 0.3) is 0 Å². The number of nitrogens with zero attached hydrogens (tertiary/aromatic N) is 3. The Balaban J connectivity index is 1.65. The van der Waals surface area contributed by atoms with Crippen molar-refractivity contribution in [3.63, 3.8) is 0 Å². The van der Waals surface area contributed by atoms with Crippen molar-refractivity contribution in [1.82, 2.24) is 20.1 Å². The number of hydrogen-bond donors (Lipinski definition) is 2. The van der Waals surface area contributed by atoms with Crippen molar-refractivity contribution >= 4 is 23.3 Å². The Kier molecular flexibility index (Phi) is 4.75. The Morgan fingerprint density at radius 3 is 2.83 bits per heavy atom. The Morgan fingerprint density at radius 2 is 2.08 bits per heavy atom. The molecule has 1 aliphatic heterocycles. The van der Waals surface area contributed by atoms with Gasteiger partial charge < -0.3 is 24.7 Å². The summed E-state index contributed by atoms with van der Waals surface area (Å²) in [4.78, 5) is 12.1. The van der Waals surface area contributed by atoms with Crippen molar-refractivity contribution in [3.05, 3.63) is 28.8 Å². The van der Waals surface area contributed by atoms with Crippen LogP contribution in [0.4, 0.5) is 10.5 Å².